The van der Waals surface area contributed by atoms with Crippen LogP contribution in [-0.4, -0.2) is 22.2 Å². The normalized spacial score (nSPS) is 11.0. The number of nitrogens with zero attached hydrogens (tertiary/aromatic N) is 2. The molecule has 146 valence electrons. The van der Waals surface area contributed by atoms with E-state index in [0.29, 0.717) is 28.9 Å². The number of methoxy groups -OCH3 is 1. The van der Waals surface area contributed by atoms with Gasteiger partial charge in [-0.25, -0.2) is 4.79 Å². The molecule has 1 amide bonds. The summed E-state index contributed by atoms with van der Waals surface area (Å²) in [4.78, 5) is 38.3. The summed E-state index contributed by atoms with van der Waals surface area (Å²) in [6, 6.07) is 13.8. The second-order valence-corrected chi connectivity index (χ2v) is 6.98. The van der Waals surface area contributed by atoms with Crippen LogP contribution in [0, 0.1) is 5.92 Å². The molecule has 0 fully saturated rings. The van der Waals surface area contributed by atoms with E-state index in [1.54, 1.807) is 55.6 Å². The maximum absolute atomic E-state index is 13.0. The van der Waals surface area contributed by atoms with E-state index in [0.717, 1.165) is 0 Å². The number of nitrogens with one attached hydrogen (secondary N) is 1. The number of anilines is 1. The number of amides is 1. The highest BCUT2D eigenvalue weighted by molar-refractivity contribution is 5.91. The van der Waals surface area contributed by atoms with Gasteiger partial charge in [-0.2, -0.15) is 0 Å². The Balaban J connectivity index is 2.01. The van der Waals surface area contributed by atoms with E-state index in [1.807, 2.05) is 13.8 Å². The standard InChI is InChI=1S/C21H23N3O4/c1-14(2)12-24-20(26)17-9-4-5-10-18(17)23(21(24)27)13-19(25)22-15-7-6-8-16(11-15)28-3/h4-11,14H,12-13H2,1-3H3,(H,22,25). The number of fused-ring (bicyclic) bond motifs is 1. The minimum absolute atomic E-state index is 0.116. The number of benzene rings is 2. The van der Waals surface area contributed by atoms with Crippen LogP contribution in [0.4, 0.5) is 5.69 Å². The predicted molar refractivity (Wildman–Crippen MR) is 109 cm³/mol. The molecule has 1 N–H and O–H groups in total. The molecule has 1 heterocycles. The van der Waals surface area contributed by atoms with Crippen LogP contribution in [0.1, 0.15) is 13.8 Å². The van der Waals surface area contributed by atoms with Crippen molar-refractivity contribution in [2.75, 3.05) is 12.4 Å². The van der Waals surface area contributed by atoms with Crippen LogP contribution in [0.2, 0.25) is 0 Å². The van der Waals surface area contributed by atoms with E-state index in [4.69, 9.17) is 4.74 Å². The quantitative estimate of drug-likeness (QED) is 0.711. The molecule has 0 spiro atoms. The Labute approximate surface area is 162 Å². The first-order chi connectivity index (χ1) is 13.4. The third-order valence-corrected chi connectivity index (χ3v) is 4.34. The van der Waals surface area contributed by atoms with Crippen LogP contribution >= 0.6 is 0 Å². The minimum atomic E-state index is -0.488. The van der Waals surface area contributed by atoms with Crippen molar-refractivity contribution in [1.82, 2.24) is 9.13 Å². The Morgan fingerprint density at radius 3 is 2.54 bits per heavy atom. The van der Waals surface area contributed by atoms with Gasteiger partial charge in [-0.15, -0.1) is 0 Å². The molecular weight excluding hydrogens is 358 g/mol. The van der Waals surface area contributed by atoms with Gasteiger partial charge in [0.05, 0.1) is 18.0 Å². The van der Waals surface area contributed by atoms with E-state index >= 15 is 0 Å². The SMILES string of the molecule is COc1cccc(NC(=O)Cn2c(=O)n(CC(C)C)c(=O)c3ccccc32)c1. The number of para-hydroxylation sites is 1. The summed E-state index contributed by atoms with van der Waals surface area (Å²) in [5.41, 5.74) is 0.187. The molecule has 0 saturated heterocycles. The summed E-state index contributed by atoms with van der Waals surface area (Å²) in [6.45, 7) is 3.96. The summed E-state index contributed by atoms with van der Waals surface area (Å²) >= 11 is 0. The molecule has 3 aromatic rings. The smallest absolute Gasteiger partial charge is 0.331 e. The molecule has 7 nitrogen and oxygen atoms in total. The fourth-order valence-electron chi connectivity index (χ4n) is 3.09. The lowest BCUT2D eigenvalue weighted by molar-refractivity contribution is -0.116. The van der Waals surface area contributed by atoms with Crippen LogP contribution in [0.15, 0.2) is 58.1 Å². The molecule has 0 atom stereocenters. The van der Waals surface area contributed by atoms with Crippen molar-refractivity contribution in [1.29, 1.82) is 0 Å². The van der Waals surface area contributed by atoms with Gasteiger partial charge in [0.2, 0.25) is 5.91 Å². The summed E-state index contributed by atoms with van der Waals surface area (Å²) in [6.07, 6.45) is 0. The van der Waals surface area contributed by atoms with Gasteiger partial charge in [-0.1, -0.05) is 32.0 Å². The van der Waals surface area contributed by atoms with Gasteiger partial charge in [0, 0.05) is 18.3 Å². The Bertz CT molecular complexity index is 1130. The number of aromatic nitrogens is 2. The lowest BCUT2D eigenvalue weighted by Crippen LogP contribution is -2.42. The van der Waals surface area contributed by atoms with Crippen molar-refractivity contribution in [3.63, 3.8) is 0 Å². The van der Waals surface area contributed by atoms with Crippen LogP contribution in [0.3, 0.4) is 0 Å². The molecule has 0 saturated carbocycles. The first-order valence-corrected chi connectivity index (χ1v) is 9.07. The van der Waals surface area contributed by atoms with Gasteiger partial charge in [0.1, 0.15) is 12.3 Å². The van der Waals surface area contributed by atoms with Crippen molar-refractivity contribution in [2.24, 2.45) is 5.92 Å². The summed E-state index contributed by atoms with van der Waals surface area (Å²) < 4.78 is 7.69. The van der Waals surface area contributed by atoms with Gasteiger partial charge in [-0.3, -0.25) is 18.7 Å². The van der Waals surface area contributed by atoms with Crippen LogP contribution in [0.5, 0.6) is 5.75 Å². The topological polar surface area (TPSA) is 82.3 Å². The maximum Gasteiger partial charge on any atom is 0.331 e. The monoisotopic (exact) mass is 381 g/mol. The van der Waals surface area contributed by atoms with Gasteiger partial charge in [-0.05, 0) is 30.2 Å². The highest BCUT2D eigenvalue weighted by Crippen LogP contribution is 2.17. The number of ether oxygens (including phenoxy) is 1. The zero-order chi connectivity index (χ0) is 20.3. The number of rotatable bonds is 6. The zero-order valence-electron chi connectivity index (χ0n) is 16.1. The van der Waals surface area contributed by atoms with Crippen LogP contribution in [-0.2, 0) is 17.9 Å². The van der Waals surface area contributed by atoms with E-state index in [2.05, 4.69) is 5.32 Å². The molecule has 2 aromatic carbocycles. The predicted octanol–water partition coefficient (Wildman–Crippen LogP) is 2.47. The van der Waals surface area contributed by atoms with E-state index in [-0.39, 0.29) is 23.9 Å². The van der Waals surface area contributed by atoms with Gasteiger partial charge in [0.25, 0.3) is 5.56 Å². The van der Waals surface area contributed by atoms with E-state index in [1.165, 1.54) is 9.13 Å². The molecule has 0 bridgehead atoms. The van der Waals surface area contributed by atoms with Crippen molar-refractivity contribution in [3.05, 3.63) is 69.4 Å². The van der Waals surface area contributed by atoms with Crippen LogP contribution < -0.4 is 21.3 Å². The van der Waals surface area contributed by atoms with E-state index < -0.39 is 5.69 Å². The first kappa shape index (κ1) is 19.4. The first-order valence-electron chi connectivity index (χ1n) is 9.07. The molecule has 3 rings (SSSR count). The lowest BCUT2D eigenvalue weighted by Gasteiger charge is -2.15. The Morgan fingerprint density at radius 2 is 1.82 bits per heavy atom. The molecule has 0 radical (unpaired) electrons. The van der Waals surface area contributed by atoms with Crippen molar-refractivity contribution in [3.8, 4) is 5.75 Å². The maximum atomic E-state index is 13.0. The van der Waals surface area contributed by atoms with Crippen LogP contribution in [0.25, 0.3) is 10.9 Å². The fraction of sp³-hybridized carbons (Fsp3) is 0.286. The lowest BCUT2D eigenvalue weighted by atomic mass is 10.2. The number of hydrogen-bond acceptors (Lipinski definition) is 4. The number of hydrogen-bond donors (Lipinski definition) is 1. The van der Waals surface area contributed by atoms with Crippen molar-refractivity contribution < 1.29 is 9.53 Å². The average Bonchev–Trinajstić information content (AvgIpc) is 2.68. The van der Waals surface area contributed by atoms with Gasteiger partial charge < -0.3 is 10.1 Å². The summed E-state index contributed by atoms with van der Waals surface area (Å²) in [5.74, 6) is 0.367. The summed E-state index contributed by atoms with van der Waals surface area (Å²) in [7, 11) is 1.55. The second-order valence-electron chi connectivity index (χ2n) is 6.98. The molecule has 0 aliphatic carbocycles. The largest absolute Gasteiger partial charge is 0.497 e. The molecule has 0 unspecified atom stereocenters. The third-order valence-electron chi connectivity index (χ3n) is 4.34. The summed E-state index contributed by atoms with van der Waals surface area (Å²) in [5, 5.41) is 3.18. The third kappa shape index (κ3) is 3.98. The number of carbonyl (C=O) groups excluding carboxylic acids is 1. The molecule has 28 heavy (non-hydrogen) atoms. The molecule has 1 aromatic heterocycles. The molecule has 0 aliphatic heterocycles. The second kappa shape index (κ2) is 8.12. The Kier molecular flexibility index (Phi) is 5.63. The Hall–Kier alpha value is -3.35. The molecular formula is C21H23N3O4. The average molecular weight is 381 g/mol. The van der Waals surface area contributed by atoms with Crippen molar-refractivity contribution in [2.45, 2.75) is 26.9 Å². The molecule has 7 heteroatoms. The highest BCUT2D eigenvalue weighted by Gasteiger charge is 2.16. The highest BCUT2D eigenvalue weighted by atomic mass is 16.5. The van der Waals surface area contributed by atoms with Gasteiger partial charge >= 0.3 is 5.69 Å². The minimum Gasteiger partial charge on any atom is -0.497 e. The number of carbonyl (C=O) groups is 1. The van der Waals surface area contributed by atoms with Crippen molar-refractivity contribution >= 4 is 22.5 Å². The fourth-order valence-corrected chi connectivity index (χ4v) is 3.09. The van der Waals surface area contributed by atoms with E-state index in [9.17, 15) is 14.4 Å². The molecule has 0 aliphatic rings. The zero-order valence-corrected chi connectivity index (χ0v) is 16.1. The Morgan fingerprint density at radius 1 is 1.07 bits per heavy atom. The van der Waals surface area contributed by atoms with Gasteiger partial charge in [0.15, 0.2) is 0 Å².